The highest BCUT2D eigenvalue weighted by Crippen LogP contribution is 2.32. The molecule has 0 radical (unpaired) electrons. The third kappa shape index (κ3) is 3.13. The first-order valence-corrected chi connectivity index (χ1v) is 4.95. The molecule has 2 N–H and O–H groups in total. The number of halogens is 4. The van der Waals surface area contributed by atoms with E-state index in [0.29, 0.717) is 5.56 Å². The van der Waals surface area contributed by atoms with Crippen molar-refractivity contribution in [1.29, 1.82) is 0 Å². The van der Waals surface area contributed by atoms with Crippen molar-refractivity contribution in [2.24, 2.45) is 10.7 Å². The van der Waals surface area contributed by atoms with Crippen LogP contribution in [-0.4, -0.2) is 11.7 Å². The quantitative estimate of drug-likeness (QED) is 0.488. The molecule has 0 spiro atoms. The summed E-state index contributed by atoms with van der Waals surface area (Å²) in [5, 5.41) is 0. The van der Waals surface area contributed by atoms with Crippen LogP contribution in [-0.2, 0) is 6.18 Å². The van der Waals surface area contributed by atoms with E-state index in [1.807, 2.05) is 0 Å². The maximum atomic E-state index is 12.4. The summed E-state index contributed by atoms with van der Waals surface area (Å²) in [5.74, 6) is 0.0690. The van der Waals surface area contributed by atoms with Crippen LogP contribution < -0.4 is 5.73 Å². The Morgan fingerprint density at radius 1 is 1.44 bits per heavy atom. The number of aliphatic imine (C=N–C) groups is 1. The monoisotopic (exact) mass is 250 g/mol. The molecule has 1 rings (SSSR count). The fraction of sp³-hybridized carbons (Fsp3) is 0.300. The number of alkyl halides is 4. The second-order valence-electron chi connectivity index (χ2n) is 3.24. The van der Waals surface area contributed by atoms with Crippen molar-refractivity contribution < 1.29 is 13.2 Å². The van der Waals surface area contributed by atoms with E-state index in [1.165, 1.54) is 6.07 Å². The Morgan fingerprint density at radius 3 is 2.56 bits per heavy atom. The number of amidine groups is 1. The van der Waals surface area contributed by atoms with E-state index in [-0.39, 0.29) is 17.4 Å². The minimum atomic E-state index is -4.38. The lowest BCUT2D eigenvalue weighted by molar-refractivity contribution is -0.137. The average Bonchev–Trinajstić information content (AvgIpc) is 2.19. The molecule has 0 atom stereocenters. The van der Waals surface area contributed by atoms with E-state index in [2.05, 4.69) is 4.99 Å². The van der Waals surface area contributed by atoms with Crippen LogP contribution >= 0.6 is 11.6 Å². The van der Waals surface area contributed by atoms with Gasteiger partial charge in [0.05, 0.1) is 17.1 Å². The van der Waals surface area contributed by atoms with Gasteiger partial charge in [-0.25, -0.2) is 4.99 Å². The number of aryl methyl sites for hydroxylation is 1. The average molecular weight is 251 g/mol. The first-order chi connectivity index (χ1) is 7.34. The third-order valence-electron chi connectivity index (χ3n) is 1.94. The predicted octanol–water partition coefficient (Wildman–Crippen LogP) is 3.24. The molecule has 6 heteroatoms. The Balaban J connectivity index is 3.19. The normalized spacial score (nSPS) is 12.9. The molecule has 0 aliphatic heterocycles. The third-order valence-corrected chi connectivity index (χ3v) is 2.21. The first-order valence-electron chi connectivity index (χ1n) is 4.41. The highest BCUT2D eigenvalue weighted by atomic mass is 35.5. The van der Waals surface area contributed by atoms with Gasteiger partial charge in [-0.15, -0.1) is 11.6 Å². The summed E-state index contributed by atoms with van der Waals surface area (Å²) >= 11 is 5.41. The SMILES string of the molecule is Cc1ccc(C(F)(F)F)cc1N=C(N)CCl. The number of hydrogen-bond acceptors (Lipinski definition) is 1. The lowest BCUT2D eigenvalue weighted by Crippen LogP contribution is -2.12. The van der Waals surface area contributed by atoms with Crippen LogP contribution in [0.2, 0.25) is 0 Å². The molecule has 1 aromatic rings. The summed E-state index contributed by atoms with van der Waals surface area (Å²) in [6.45, 7) is 1.65. The molecule has 0 fully saturated rings. The van der Waals surface area contributed by atoms with Gasteiger partial charge < -0.3 is 5.73 Å². The van der Waals surface area contributed by atoms with Crippen LogP contribution in [0.1, 0.15) is 11.1 Å². The number of nitrogens with two attached hydrogens (primary N) is 1. The molecule has 0 heterocycles. The van der Waals surface area contributed by atoms with Crippen LogP contribution in [0.25, 0.3) is 0 Å². The smallest absolute Gasteiger partial charge is 0.386 e. The molecular weight excluding hydrogens is 241 g/mol. The second kappa shape index (κ2) is 4.74. The molecule has 1 aromatic carbocycles. The molecular formula is C10H10ClF3N2. The van der Waals surface area contributed by atoms with E-state index in [4.69, 9.17) is 17.3 Å². The zero-order valence-electron chi connectivity index (χ0n) is 8.48. The lowest BCUT2D eigenvalue weighted by atomic mass is 10.1. The van der Waals surface area contributed by atoms with Crippen LogP contribution in [0.4, 0.5) is 18.9 Å². The fourth-order valence-corrected chi connectivity index (χ4v) is 1.15. The van der Waals surface area contributed by atoms with Crippen molar-refractivity contribution in [2.75, 3.05) is 5.88 Å². The summed E-state index contributed by atoms with van der Waals surface area (Å²) < 4.78 is 37.2. The summed E-state index contributed by atoms with van der Waals surface area (Å²) in [5.41, 5.74) is 5.42. The van der Waals surface area contributed by atoms with E-state index in [0.717, 1.165) is 12.1 Å². The topological polar surface area (TPSA) is 38.4 Å². The minimum Gasteiger partial charge on any atom is -0.386 e. The van der Waals surface area contributed by atoms with Crippen LogP contribution in [0, 0.1) is 6.92 Å². The van der Waals surface area contributed by atoms with Crippen molar-refractivity contribution in [3.05, 3.63) is 29.3 Å². The molecule has 88 valence electrons. The Morgan fingerprint density at radius 2 is 2.06 bits per heavy atom. The Labute approximate surface area is 95.9 Å². The van der Waals surface area contributed by atoms with E-state index in [1.54, 1.807) is 6.92 Å². The van der Waals surface area contributed by atoms with Gasteiger partial charge in [0.25, 0.3) is 0 Å². The van der Waals surface area contributed by atoms with Crippen molar-refractivity contribution in [3.8, 4) is 0 Å². The van der Waals surface area contributed by atoms with Gasteiger partial charge in [0, 0.05) is 0 Å². The van der Waals surface area contributed by atoms with Crippen molar-refractivity contribution in [2.45, 2.75) is 13.1 Å². The maximum Gasteiger partial charge on any atom is 0.416 e. The number of rotatable bonds is 2. The van der Waals surface area contributed by atoms with E-state index < -0.39 is 11.7 Å². The van der Waals surface area contributed by atoms with Crippen molar-refractivity contribution in [1.82, 2.24) is 0 Å². The molecule has 16 heavy (non-hydrogen) atoms. The standard InChI is InChI=1S/C10H10ClF3N2/c1-6-2-3-7(10(12,13)14)4-8(6)16-9(15)5-11/h2-4H,5H2,1H3,(H2,15,16). The zero-order chi connectivity index (χ0) is 12.3. The summed E-state index contributed by atoms with van der Waals surface area (Å²) in [4.78, 5) is 3.81. The first kappa shape index (κ1) is 12.8. The fourth-order valence-electron chi connectivity index (χ4n) is 1.09. The van der Waals surface area contributed by atoms with Gasteiger partial charge in [0.15, 0.2) is 0 Å². The lowest BCUT2D eigenvalue weighted by Gasteiger charge is -2.09. The van der Waals surface area contributed by atoms with Gasteiger partial charge in [0.1, 0.15) is 5.84 Å². The Hall–Kier alpha value is -1.23. The van der Waals surface area contributed by atoms with Gasteiger partial charge in [0.2, 0.25) is 0 Å². The molecule has 0 aromatic heterocycles. The molecule has 0 bridgehead atoms. The largest absolute Gasteiger partial charge is 0.416 e. The van der Waals surface area contributed by atoms with Gasteiger partial charge in [-0.1, -0.05) is 6.07 Å². The number of benzene rings is 1. The zero-order valence-corrected chi connectivity index (χ0v) is 9.23. The van der Waals surface area contributed by atoms with Crippen molar-refractivity contribution >= 4 is 23.1 Å². The Bertz CT molecular complexity index is 413. The Kier molecular flexibility index (Phi) is 3.80. The molecule has 0 saturated heterocycles. The minimum absolute atomic E-state index is 0.0182. The molecule has 0 unspecified atom stereocenters. The summed E-state index contributed by atoms with van der Waals surface area (Å²) in [7, 11) is 0. The van der Waals surface area contributed by atoms with Crippen LogP contribution in [0.15, 0.2) is 23.2 Å². The van der Waals surface area contributed by atoms with Crippen molar-refractivity contribution in [3.63, 3.8) is 0 Å². The van der Waals surface area contributed by atoms with Crippen LogP contribution in [0.5, 0.6) is 0 Å². The molecule has 0 saturated carbocycles. The predicted molar refractivity (Wildman–Crippen MR) is 58.2 cm³/mol. The number of nitrogens with zero attached hydrogens (tertiary/aromatic N) is 1. The van der Waals surface area contributed by atoms with E-state index >= 15 is 0 Å². The maximum absolute atomic E-state index is 12.4. The summed E-state index contributed by atoms with van der Waals surface area (Å²) in [6, 6.07) is 3.31. The number of hydrogen-bond donors (Lipinski definition) is 1. The highest BCUT2D eigenvalue weighted by molar-refractivity contribution is 6.28. The van der Waals surface area contributed by atoms with Gasteiger partial charge >= 0.3 is 6.18 Å². The summed E-state index contributed by atoms with van der Waals surface area (Å²) in [6.07, 6.45) is -4.38. The second-order valence-corrected chi connectivity index (χ2v) is 3.50. The van der Waals surface area contributed by atoms with Gasteiger partial charge in [-0.05, 0) is 24.6 Å². The van der Waals surface area contributed by atoms with Gasteiger partial charge in [-0.2, -0.15) is 13.2 Å². The highest BCUT2D eigenvalue weighted by Gasteiger charge is 2.30. The van der Waals surface area contributed by atoms with Crippen LogP contribution in [0.3, 0.4) is 0 Å². The molecule has 0 amide bonds. The molecule has 2 nitrogen and oxygen atoms in total. The van der Waals surface area contributed by atoms with Gasteiger partial charge in [-0.3, -0.25) is 0 Å². The van der Waals surface area contributed by atoms with E-state index in [9.17, 15) is 13.2 Å². The molecule has 0 aliphatic carbocycles. The molecule has 0 aliphatic rings.